The number of benzene rings is 2. The van der Waals surface area contributed by atoms with Gasteiger partial charge in [-0.1, -0.05) is 0 Å². The standard InChI is InChI=1S/C21H14I6O9/c22-9-1-12(24)20(13(25)2-9)35-18(31)5-16(29)33-7-11(28)8-34-17(30)6-19(32)36-21-14(26)3-10(23)4-15(21)27/h1-4,11,28H,5-8H2. The lowest BCUT2D eigenvalue weighted by Crippen LogP contribution is -2.27. The molecule has 2 aromatic rings. The Morgan fingerprint density at radius 3 is 1.22 bits per heavy atom. The molecule has 0 amide bonds. The van der Waals surface area contributed by atoms with Crippen LogP contribution in [0.3, 0.4) is 0 Å². The SMILES string of the molecule is O=C(CC(=O)Oc1c(I)cc(I)cc1I)OCC(O)COC(=O)CC(=O)Oc1c(I)cc(I)cc1I. The number of rotatable bonds is 10. The minimum Gasteiger partial charge on any atom is -0.462 e. The molecule has 0 spiro atoms. The van der Waals surface area contributed by atoms with E-state index in [1.165, 1.54) is 0 Å². The Bertz CT molecular complexity index is 1040. The zero-order valence-corrected chi connectivity index (χ0v) is 30.6. The minimum atomic E-state index is -1.35. The largest absolute Gasteiger partial charge is 0.462 e. The predicted octanol–water partition coefficient (Wildman–Crippen LogP) is 5.05. The summed E-state index contributed by atoms with van der Waals surface area (Å²) in [7, 11) is 0. The van der Waals surface area contributed by atoms with Crippen molar-refractivity contribution in [2.45, 2.75) is 18.9 Å². The van der Waals surface area contributed by atoms with E-state index in [4.69, 9.17) is 18.9 Å². The van der Waals surface area contributed by atoms with Gasteiger partial charge in [-0.05, 0) is 160 Å². The van der Waals surface area contributed by atoms with Crippen molar-refractivity contribution in [2.24, 2.45) is 0 Å². The molecule has 0 aliphatic rings. The van der Waals surface area contributed by atoms with Crippen molar-refractivity contribution in [3.63, 3.8) is 0 Å². The smallest absolute Gasteiger partial charge is 0.322 e. The van der Waals surface area contributed by atoms with Crippen molar-refractivity contribution in [3.8, 4) is 11.5 Å². The highest BCUT2D eigenvalue weighted by Gasteiger charge is 2.20. The van der Waals surface area contributed by atoms with Crippen LogP contribution in [-0.2, 0) is 28.7 Å². The molecule has 0 saturated heterocycles. The summed E-state index contributed by atoms with van der Waals surface area (Å²) in [6, 6.07) is 7.30. The molecular formula is C21H14I6O9. The fourth-order valence-electron chi connectivity index (χ4n) is 2.32. The summed E-state index contributed by atoms with van der Waals surface area (Å²) < 4.78 is 25.0. The van der Waals surface area contributed by atoms with Crippen LogP contribution in [0.15, 0.2) is 24.3 Å². The first-order valence-electron chi connectivity index (χ1n) is 9.55. The summed E-state index contributed by atoms with van der Waals surface area (Å²) in [6.45, 7) is -1.02. The maximum absolute atomic E-state index is 12.1. The second kappa shape index (κ2) is 16.1. The Kier molecular flexibility index (Phi) is 14.7. The van der Waals surface area contributed by atoms with Crippen LogP contribution in [0, 0.1) is 21.4 Å². The molecule has 0 saturated carbocycles. The summed E-state index contributed by atoms with van der Waals surface area (Å²) in [5, 5.41) is 9.89. The third kappa shape index (κ3) is 11.4. The van der Waals surface area contributed by atoms with Crippen LogP contribution in [-0.4, -0.2) is 48.3 Å². The molecule has 0 fully saturated rings. The van der Waals surface area contributed by atoms with Gasteiger partial charge in [-0.25, -0.2) is 0 Å². The monoisotopic (exact) mass is 1170 g/mol. The molecule has 0 aliphatic carbocycles. The molecule has 1 N–H and O–H groups in total. The van der Waals surface area contributed by atoms with E-state index in [1.54, 1.807) is 0 Å². The Hall–Kier alpha value is 0.660. The minimum absolute atomic E-state index is 0.353. The van der Waals surface area contributed by atoms with E-state index in [-0.39, 0.29) is 0 Å². The molecule has 194 valence electrons. The van der Waals surface area contributed by atoms with E-state index in [2.05, 4.69) is 45.2 Å². The van der Waals surface area contributed by atoms with E-state index in [1.807, 2.05) is 115 Å². The quantitative estimate of drug-likeness (QED) is 0.151. The Morgan fingerprint density at radius 2 is 0.917 bits per heavy atom. The second-order valence-electron chi connectivity index (χ2n) is 6.72. The van der Waals surface area contributed by atoms with E-state index in [9.17, 15) is 24.3 Å². The first-order valence-corrected chi connectivity index (χ1v) is 16.0. The first kappa shape index (κ1) is 32.9. The summed E-state index contributed by atoms with van der Waals surface area (Å²) in [5.74, 6) is -2.74. The predicted molar refractivity (Wildman–Crippen MR) is 178 cm³/mol. The maximum atomic E-state index is 12.1. The highest BCUT2D eigenvalue weighted by atomic mass is 127. The van der Waals surface area contributed by atoms with Gasteiger partial charge in [0.25, 0.3) is 0 Å². The molecule has 0 atom stereocenters. The molecule has 0 heterocycles. The highest BCUT2D eigenvalue weighted by molar-refractivity contribution is 14.1. The number of hydrogen-bond donors (Lipinski definition) is 1. The average Bonchev–Trinajstić information content (AvgIpc) is 2.75. The van der Waals surface area contributed by atoms with Crippen LogP contribution >= 0.6 is 136 Å². The van der Waals surface area contributed by atoms with Crippen LogP contribution in [0.2, 0.25) is 0 Å². The fourth-order valence-corrected chi connectivity index (χ4v) is 9.92. The van der Waals surface area contributed by atoms with E-state index < -0.39 is 56.0 Å². The molecule has 0 aliphatic heterocycles. The Morgan fingerprint density at radius 1 is 0.611 bits per heavy atom. The van der Waals surface area contributed by atoms with Crippen molar-refractivity contribution in [3.05, 3.63) is 45.7 Å². The Labute approximate surface area is 287 Å². The topological polar surface area (TPSA) is 125 Å². The lowest BCUT2D eigenvalue weighted by atomic mass is 10.3. The summed E-state index contributed by atoms with van der Waals surface area (Å²) in [5.41, 5.74) is 0. The third-order valence-corrected chi connectivity index (χ3v) is 8.26. The average molecular weight is 1170 g/mol. The third-order valence-electron chi connectivity index (χ3n) is 3.81. The number of carbonyl (C=O) groups is 4. The summed E-state index contributed by atoms with van der Waals surface area (Å²) >= 11 is 12.4. The van der Waals surface area contributed by atoms with Crippen LogP contribution in [0.4, 0.5) is 0 Å². The maximum Gasteiger partial charge on any atom is 0.322 e. The van der Waals surface area contributed by atoms with Gasteiger partial charge in [0.05, 0.1) is 14.3 Å². The normalized spacial score (nSPS) is 10.7. The van der Waals surface area contributed by atoms with Crippen molar-refractivity contribution in [1.82, 2.24) is 0 Å². The molecule has 9 nitrogen and oxygen atoms in total. The van der Waals surface area contributed by atoms with Crippen molar-refractivity contribution >= 4 is 159 Å². The van der Waals surface area contributed by atoms with E-state index in [0.29, 0.717) is 11.5 Å². The van der Waals surface area contributed by atoms with Crippen LogP contribution in [0.1, 0.15) is 12.8 Å². The van der Waals surface area contributed by atoms with Gasteiger partial charge in [0.1, 0.15) is 32.2 Å². The van der Waals surface area contributed by atoms with Gasteiger partial charge in [0.2, 0.25) is 0 Å². The zero-order chi connectivity index (χ0) is 27.0. The van der Waals surface area contributed by atoms with E-state index in [0.717, 1.165) is 21.4 Å². The lowest BCUT2D eigenvalue weighted by Gasteiger charge is -2.13. The lowest BCUT2D eigenvalue weighted by molar-refractivity contribution is -0.156. The van der Waals surface area contributed by atoms with Gasteiger partial charge in [-0.3, -0.25) is 19.2 Å². The number of carbonyl (C=O) groups excluding carboxylic acids is 4. The van der Waals surface area contributed by atoms with Crippen molar-refractivity contribution in [2.75, 3.05) is 13.2 Å². The molecule has 0 aromatic heterocycles. The zero-order valence-electron chi connectivity index (χ0n) is 17.7. The number of halogens is 6. The number of ether oxygens (including phenoxy) is 4. The second-order valence-corrected chi connectivity index (χ2v) is 13.9. The van der Waals surface area contributed by atoms with Gasteiger partial charge >= 0.3 is 23.9 Å². The fraction of sp³-hybridized carbons (Fsp3) is 0.238. The molecule has 36 heavy (non-hydrogen) atoms. The summed E-state index contributed by atoms with van der Waals surface area (Å²) in [6.07, 6.45) is -2.67. The molecule has 0 radical (unpaired) electrons. The van der Waals surface area contributed by atoms with Gasteiger partial charge in [-0.2, -0.15) is 0 Å². The number of esters is 4. The van der Waals surface area contributed by atoms with Gasteiger partial charge in [0.15, 0.2) is 11.5 Å². The van der Waals surface area contributed by atoms with Crippen molar-refractivity contribution in [1.29, 1.82) is 0 Å². The first-order chi connectivity index (χ1) is 16.8. The van der Waals surface area contributed by atoms with E-state index >= 15 is 0 Å². The van der Waals surface area contributed by atoms with Gasteiger partial charge in [0, 0.05) is 7.14 Å². The Balaban J connectivity index is 1.71. The molecule has 2 aromatic carbocycles. The molecule has 2 rings (SSSR count). The van der Waals surface area contributed by atoms with Crippen LogP contribution in [0.25, 0.3) is 0 Å². The van der Waals surface area contributed by atoms with Crippen LogP contribution in [0.5, 0.6) is 11.5 Å². The number of aliphatic hydroxyl groups excluding tert-OH is 1. The van der Waals surface area contributed by atoms with Crippen LogP contribution < -0.4 is 9.47 Å². The molecular weight excluding hydrogens is 1160 g/mol. The summed E-state index contributed by atoms with van der Waals surface area (Å²) in [4.78, 5) is 47.9. The number of aliphatic hydroxyl groups is 1. The van der Waals surface area contributed by atoms with Gasteiger partial charge in [-0.15, -0.1) is 0 Å². The molecule has 0 bridgehead atoms. The van der Waals surface area contributed by atoms with Gasteiger partial charge < -0.3 is 24.1 Å². The molecule has 15 heteroatoms. The molecule has 0 unspecified atom stereocenters. The number of hydrogen-bond acceptors (Lipinski definition) is 9. The van der Waals surface area contributed by atoms with Crippen molar-refractivity contribution < 1.29 is 43.2 Å². The highest BCUT2D eigenvalue weighted by Crippen LogP contribution is 2.31.